The highest BCUT2D eigenvalue weighted by Gasteiger charge is 2.13. The summed E-state index contributed by atoms with van der Waals surface area (Å²) < 4.78 is 0.897. The molecule has 0 saturated carbocycles. The van der Waals surface area contributed by atoms with Gasteiger partial charge in [-0.3, -0.25) is 4.98 Å². The zero-order valence-electron chi connectivity index (χ0n) is 10.5. The van der Waals surface area contributed by atoms with E-state index in [1.165, 1.54) is 0 Å². The molecule has 0 radical (unpaired) electrons. The van der Waals surface area contributed by atoms with Crippen molar-refractivity contribution in [1.82, 2.24) is 15.6 Å². The van der Waals surface area contributed by atoms with Gasteiger partial charge in [-0.15, -0.1) is 0 Å². The number of aliphatic hydroxyl groups excluding tert-OH is 1. The van der Waals surface area contributed by atoms with Gasteiger partial charge in [0.05, 0.1) is 24.4 Å². The fourth-order valence-electron chi connectivity index (χ4n) is 1.42. The predicted octanol–water partition coefficient (Wildman–Crippen LogP) is 1.98. The quantitative estimate of drug-likeness (QED) is 0.777. The maximum absolute atomic E-state index is 11.7. The lowest BCUT2D eigenvalue weighted by Crippen LogP contribution is -2.44. The number of urea groups is 1. The van der Waals surface area contributed by atoms with Crippen LogP contribution in [0.5, 0.6) is 0 Å². The Balaban J connectivity index is 2.51. The zero-order valence-corrected chi connectivity index (χ0v) is 12.1. The SMILES string of the molecule is CC[C@H](CO)NC(=O)N[C@@H](C)c1ccc(Br)cn1. The van der Waals surface area contributed by atoms with Crippen LogP contribution in [0.15, 0.2) is 22.8 Å². The Morgan fingerprint density at radius 1 is 1.50 bits per heavy atom. The molecule has 2 amide bonds. The molecule has 1 heterocycles. The van der Waals surface area contributed by atoms with Gasteiger partial charge in [0, 0.05) is 10.7 Å². The first kappa shape index (κ1) is 14.9. The van der Waals surface area contributed by atoms with Gasteiger partial charge >= 0.3 is 6.03 Å². The van der Waals surface area contributed by atoms with Crippen molar-refractivity contribution < 1.29 is 9.90 Å². The molecule has 0 saturated heterocycles. The topological polar surface area (TPSA) is 74.2 Å². The summed E-state index contributed by atoms with van der Waals surface area (Å²) in [5.74, 6) is 0. The van der Waals surface area contributed by atoms with Crippen LogP contribution in [0.4, 0.5) is 4.79 Å². The fraction of sp³-hybridized carbons (Fsp3) is 0.500. The van der Waals surface area contributed by atoms with Gasteiger partial charge in [-0.2, -0.15) is 0 Å². The predicted molar refractivity (Wildman–Crippen MR) is 73.2 cm³/mol. The smallest absolute Gasteiger partial charge is 0.315 e. The molecule has 6 heteroatoms. The van der Waals surface area contributed by atoms with E-state index in [9.17, 15) is 4.79 Å². The lowest BCUT2D eigenvalue weighted by Gasteiger charge is -2.18. The average Bonchev–Trinajstić information content (AvgIpc) is 2.36. The minimum Gasteiger partial charge on any atom is -0.394 e. The summed E-state index contributed by atoms with van der Waals surface area (Å²) in [6.45, 7) is 3.70. The number of carbonyl (C=O) groups is 1. The van der Waals surface area contributed by atoms with Crippen molar-refractivity contribution in [3.63, 3.8) is 0 Å². The number of pyridine rings is 1. The van der Waals surface area contributed by atoms with Crippen LogP contribution >= 0.6 is 15.9 Å². The number of halogens is 1. The molecule has 0 aromatic carbocycles. The van der Waals surface area contributed by atoms with E-state index in [-0.39, 0.29) is 24.7 Å². The Morgan fingerprint density at radius 3 is 2.72 bits per heavy atom. The third-order valence-electron chi connectivity index (χ3n) is 2.59. The largest absolute Gasteiger partial charge is 0.394 e. The molecule has 18 heavy (non-hydrogen) atoms. The molecule has 0 aliphatic heterocycles. The molecule has 2 atom stereocenters. The van der Waals surface area contributed by atoms with Crippen LogP contribution in [0.2, 0.25) is 0 Å². The molecule has 1 rings (SSSR count). The van der Waals surface area contributed by atoms with E-state index in [1.54, 1.807) is 6.20 Å². The average molecular weight is 316 g/mol. The monoisotopic (exact) mass is 315 g/mol. The van der Waals surface area contributed by atoms with Crippen LogP contribution in [0.1, 0.15) is 32.0 Å². The third-order valence-corrected chi connectivity index (χ3v) is 3.06. The van der Waals surface area contributed by atoms with E-state index in [2.05, 4.69) is 31.5 Å². The molecular formula is C12H18BrN3O2. The number of rotatable bonds is 5. The molecule has 3 N–H and O–H groups in total. The standard InChI is InChI=1S/C12H18BrN3O2/c1-3-10(7-17)16-12(18)15-8(2)11-5-4-9(13)6-14-11/h4-6,8,10,17H,3,7H2,1-2H3,(H2,15,16,18)/t8-,10+/m0/s1. The van der Waals surface area contributed by atoms with Gasteiger partial charge in [-0.1, -0.05) is 6.92 Å². The van der Waals surface area contributed by atoms with Crippen LogP contribution in [-0.2, 0) is 0 Å². The molecule has 0 spiro atoms. The second-order valence-electron chi connectivity index (χ2n) is 4.03. The van der Waals surface area contributed by atoms with Gasteiger partial charge in [0.1, 0.15) is 0 Å². The number of nitrogens with one attached hydrogen (secondary N) is 2. The molecule has 0 fully saturated rings. The Morgan fingerprint density at radius 2 is 2.22 bits per heavy atom. The molecule has 0 unspecified atom stereocenters. The highest BCUT2D eigenvalue weighted by atomic mass is 79.9. The summed E-state index contributed by atoms with van der Waals surface area (Å²) in [7, 11) is 0. The molecule has 0 aliphatic carbocycles. The molecular weight excluding hydrogens is 298 g/mol. The van der Waals surface area contributed by atoms with Crippen LogP contribution in [0, 0.1) is 0 Å². The first-order valence-electron chi connectivity index (χ1n) is 5.86. The van der Waals surface area contributed by atoms with Gasteiger partial charge in [0.25, 0.3) is 0 Å². The number of hydrogen-bond donors (Lipinski definition) is 3. The van der Waals surface area contributed by atoms with E-state index < -0.39 is 0 Å². The zero-order chi connectivity index (χ0) is 13.5. The summed E-state index contributed by atoms with van der Waals surface area (Å²) in [6.07, 6.45) is 2.38. The van der Waals surface area contributed by atoms with Crippen molar-refractivity contribution >= 4 is 22.0 Å². The lowest BCUT2D eigenvalue weighted by molar-refractivity contribution is 0.212. The normalized spacial score (nSPS) is 13.8. The number of hydrogen-bond acceptors (Lipinski definition) is 3. The van der Waals surface area contributed by atoms with Crippen molar-refractivity contribution in [3.05, 3.63) is 28.5 Å². The third kappa shape index (κ3) is 4.62. The maximum atomic E-state index is 11.7. The number of aliphatic hydroxyl groups is 1. The summed E-state index contributed by atoms with van der Waals surface area (Å²) >= 11 is 3.31. The van der Waals surface area contributed by atoms with Crippen LogP contribution in [0.25, 0.3) is 0 Å². The molecule has 5 nitrogen and oxygen atoms in total. The molecule has 0 aliphatic rings. The molecule has 1 aromatic rings. The van der Waals surface area contributed by atoms with E-state index in [0.29, 0.717) is 6.42 Å². The number of carbonyl (C=O) groups excluding carboxylic acids is 1. The number of nitrogens with zero attached hydrogens (tertiary/aromatic N) is 1. The summed E-state index contributed by atoms with van der Waals surface area (Å²) in [5, 5.41) is 14.5. The van der Waals surface area contributed by atoms with Crippen molar-refractivity contribution in [2.75, 3.05) is 6.61 Å². The minimum absolute atomic E-state index is 0.0607. The minimum atomic E-state index is -0.298. The van der Waals surface area contributed by atoms with Gasteiger partial charge < -0.3 is 15.7 Å². The van der Waals surface area contributed by atoms with E-state index in [4.69, 9.17) is 5.11 Å². The lowest BCUT2D eigenvalue weighted by atomic mass is 10.2. The summed E-state index contributed by atoms with van der Waals surface area (Å²) in [6, 6.07) is 3.02. The van der Waals surface area contributed by atoms with E-state index >= 15 is 0 Å². The highest BCUT2D eigenvalue weighted by molar-refractivity contribution is 9.10. The van der Waals surface area contributed by atoms with Gasteiger partial charge in [-0.25, -0.2) is 4.79 Å². The second-order valence-corrected chi connectivity index (χ2v) is 4.94. The fourth-order valence-corrected chi connectivity index (χ4v) is 1.65. The molecule has 0 bridgehead atoms. The first-order chi connectivity index (χ1) is 8.56. The Bertz CT molecular complexity index is 379. The highest BCUT2D eigenvalue weighted by Crippen LogP contribution is 2.13. The Hall–Kier alpha value is -1.14. The molecule has 100 valence electrons. The van der Waals surface area contributed by atoms with Crippen LogP contribution in [0.3, 0.4) is 0 Å². The van der Waals surface area contributed by atoms with Crippen LogP contribution in [-0.4, -0.2) is 28.8 Å². The maximum Gasteiger partial charge on any atom is 0.315 e. The molecule has 1 aromatic heterocycles. The first-order valence-corrected chi connectivity index (χ1v) is 6.65. The Labute approximate surface area is 115 Å². The number of amides is 2. The number of aromatic nitrogens is 1. The summed E-state index contributed by atoms with van der Waals surface area (Å²) in [5.41, 5.74) is 0.783. The van der Waals surface area contributed by atoms with Crippen molar-refractivity contribution in [3.8, 4) is 0 Å². The van der Waals surface area contributed by atoms with Crippen molar-refractivity contribution in [2.45, 2.75) is 32.4 Å². The van der Waals surface area contributed by atoms with Crippen molar-refractivity contribution in [2.24, 2.45) is 0 Å². The summed E-state index contributed by atoms with van der Waals surface area (Å²) in [4.78, 5) is 15.9. The Kier molecular flexibility index (Phi) is 6.07. The van der Waals surface area contributed by atoms with Gasteiger partial charge in [0.15, 0.2) is 0 Å². The van der Waals surface area contributed by atoms with E-state index in [1.807, 2.05) is 26.0 Å². The second kappa shape index (κ2) is 7.33. The van der Waals surface area contributed by atoms with Gasteiger partial charge in [0.2, 0.25) is 0 Å². The van der Waals surface area contributed by atoms with E-state index in [0.717, 1.165) is 10.2 Å². The van der Waals surface area contributed by atoms with Gasteiger partial charge in [-0.05, 0) is 41.4 Å². The van der Waals surface area contributed by atoms with Crippen molar-refractivity contribution in [1.29, 1.82) is 0 Å². The van der Waals surface area contributed by atoms with Crippen LogP contribution < -0.4 is 10.6 Å².